The summed E-state index contributed by atoms with van der Waals surface area (Å²) in [5.41, 5.74) is 3.49. The van der Waals surface area contributed by atoms with Gasteiger partial charge < -0.3 is 0 Å². The van der Waals surface area contributed by atoms with Crippen LogP contribution in [-0.2, 0) is 4.79 Å². The molecule has 2 aliphatic rings. The van der Waals surface area contributed by atoms with Gasteiger partial charge in [0.1, 0.15) is 5.82 Å². The molecular formula is C22H24FN3O. The first kappa shape index (κ1) is 17.9. The summed E-state index contributed by atoms with van der Waals surface area (Å²) in [6.45, 7) is 4.26. The molecule has 0 aliphatic carbocycles. The van der Waals surface area contributed by atoms with Crippen molar-refractivity contribution >= 4 is 11.6 Å². The monoisotopic (exact) mass is 365 g/mol. The third kappa shape index (κ3) is 3.78. The topological polar surface area (TPSA) is 35.9 Å². The second-order valence-electron chi connectivity index (χ2n) is 7.38. The van der Waals surface area contributed by atoms with Gasteiger partial charge in [-0.3, -0.25) is 9.69 Å². The number of hydrazone groups is 1. The van der Waals surface area contributed by atoms with Crippen LogP contribution in [0, 0.1) is 12.7 Å². The molecule has 0 spiro atoms. The van der Waals surface area contributed by atoms with Crippen LogP contribution in [-0.4, -0.2) is 41.2 Å². The average Bonchev–Trinajstić information content (AvgIpc) is 3.32. The summed E-state index contributed by atoms with van der Waals surface area (Å²) in [6, 6.07) is 14.4. The summed E-state index contributed by atoms with van der Waals surface area (Å²) < 4.78 is 14.5. The lowest BCUT2D eigenvalue weighted by Crippen LogP contribution is -2.37. The largest absolute Gasteiger partial charge is 0.294 e. The lowest BCUT2D eigenvalue weighted by Gasteiger charge is -2.24. The van der Waals surface area contributed by atoms with Gasteiger partial charge >= 0.3 is 0 Å². The molecule has 1 fully saturated rings. The van der Waals surface area contributed by atoms with E-state index in [1.807, 2.05) is 31.2 Å². The molecule has 2 aliphatic heterocycles. The van der Waals surface area contributed by atoms with Gasteiger partial charge in [-0.25, -0.2) is 9.40 Å². The van der Waals surface area contributed by atoms with Gasteiger partial charge in [-0.05, 0) is 44.5 Å². The molecule has 0 bridgehead atoms. The molecule has 5 heteroatoms. The standard InChI is InChI=1S/C22H24FN3O/c1-16-7-6-8-17(13-16)20-14-21(18-9-2-3-10-19(18)23)26(24-20)22(27)15-25-11-4-5-12-25/h2-3,6-10,13,21H,4-5,11-12,14-15H2,1H3/t21-/m0/s1. The summed E-state index contributed by atoms with van der Waals surface area (Å²) in [5, 5.41) is 6.16. The molecule has 0 aromatic heterocycles. The van der Waals surface area contributed by atoms with Crippen molar-refractivity contribution in [3.8, 4) is 0 Å². The highest BCUT2D eigenvalue weighted by Gasteiger charge is 2.35. The number of hydrogen-bond acceptors (Lipinski definition) is 3. The van der Waals surface area contributed by atoms with E-state index in [1.54, 1.807) is 12.1 Å². The lowest BCUT2D eigenvalue weighted by atomic mass is 9.97. The van der Waals surface area contributed by atoms with Crippen LogP contribution in [0.2, 0.25) is 0 Å². The van der Waals surface area contributed by atoms with Crippen LogP contribution in [0.25, 0.3) is 0 Å². The van der Waals surface area contributed by atoms with Gasteiger partial charge in [-0.1, -0.05) is 48.0 Å². The molecule has 0 N–H and O–H groups in total. The van der Waals surface area contributed by atoms with Crippen molar-refractivity contribution in [2.75, 3.05) is 19.6 Å². The first-order valence-electron chi connectivity index (χ1n) is 9.55. The van der Waals surface area contributed by atoms with Crippen LogP contribution < -0.4 is 0 Å². The lowest BCUT2D eigenvalue weighted by molar-refractivity contribution is -0.134. The predicted molar refractivity (Wildman–Crippen MR) is 104 cm³/mol. The van der Waals surface area contributed by atoms with E-state index < -0.39 is 6.04 Å². The highest BCUT2D eigenvalue weighted by Crippen LogP contribution is 2.34. The minimum atomic E-state index is -0.392. The zero-order valence-electron chi connectivity index (χ0n) is 15.6. The molecule has 2 heterocycles. The fourth-order valence-corrected chi connectivity index (χ4v) is 3.93. The number of rotatable bonds is 4. The average molecular weight is 365 g/mol. The maximum Gasteiger partial charge on any atom is 0.257 e. The summed E-state index contributed by atoms with van der Waals surface area (Å²) in [7, 11) is 0. The number of carbonyl (C=O) groups is 1. The summed E-state index contributed by atoms with van der Waals surface area (Å²) in [4.78, 5) is 15.1. The van der Waals surface area contributed by atoms with Crippen LogP contribution in [0.5, 0.6) is 0 Å². The van der Waals surface area contributed by atoms with E-state index in [-0.39, 0.29) is 11.7 Å². The van der Waals surface area contributed by atoms with Gasteiger partial charge in [0.25, 0.3) is 5.91 Å². The molecule has 1 atom stereocenters. The molecule has 140 valence electrons. The van der Waals surface area contributed by atoms with Crippen molar-refractivity contribution in [2.24, 2.45) is 5.10 Å². The number of halogens is 1. The highest BCUT2D eigenvalue weighted by atomic mass is 19.1. The SMILES string of the molecule is Cc1cccc(C2=NN(C(=O)CN3CCCC3)[C@H](c3ccccc3F)C2)c1. The Kier molecular flexibility index (Phi) is 5.03. The van der Waals surface area contributed by atoms with Gasteiger partial charge in [0.05, 0.1) is 18.3 Å². The Morgan fingerprint density at radius 2 is 1.93 bits per heavy atom. The van der Waals surface area contributed by atoms with Crippen molar-refractivity contribution in [3.05, 3.63) is 71.0 Å². The third-order valence-corrected chi connectivity index (χ3v) is 5.34. The fourth-order valence-electron chi connectivity index (χ4n) is 3.93. The number of nitrogens with zero attached hydrogens (tertiary/aromatic N) is 3. The summed E-state index contributed by atoms with van der Waals surface area (Å²) >= 11 is 0. The number of benzene rings is 2. The quantitative estimate of drug-likeness (QED) is 0.824. The molecule has 4 rings (SSSR count). The maximum absolute atomic E-state index is 14.5. The molecule has 1 saturated heterocycles. The van der Waals surface area contributed by atoms with E-state index in [0.29, 0.717) is 18.5 Å². The Labute approximate surface area is 159 Å². The zero-order chi connectivity index (χ0) is 18.8. The Hall–Kier alpha value is -2.53. The van der Waals surface area contributed by atoms with Crippen molar-refractivity contribution in [2.45, 2.75) is 32.2 Å². The number of amides is 1. The second-order valence-corrected chi connectivity index (χ2v) is 7.38. The molecule has 2 aromatic rings. The molecular weight excluding hydrogens is 341 g/mol. The fraction of sp³-hybridized carbons (Fsp3) is 0.364. The van der Waals surface area contributed by atoms with Crippen LogP contribution in [0.3, 0.4) is 0 Å². The molecule has 2 aromatic carbocycles. The molecule has 27 heavy (non-hydrogen) atoms. The van der Waals surface area contributed by atoms with E-state index in [9.17, 15) is 9.18 Å². The van der Waals surface area contributed by atoms with Crippen molar-refractivity contribution < 1.29 is 9.18 Å². The molecule has 0 radical (unpaired) electrons. The number of aryl methyl sites for hydroxylation is 1. The van der Waals surface area contributed by atoms with Crippen molar-refractivity contribution in [3.63, 3.8) is 0 Å². The Morgan fingerprint density at radius 3 is 2.67 bits per heavy atom. The molecule has 0 saturated carbocycles. The molecule has 0 unspecified atom stereocenters. The number of carbonyl (C=O) groups excluding carboxylic acids is 1. The first-order valence-corrected chi connectivity index (χ1v) is 9.55. The van der Waals surface area contributed by atoms with Crippen LogP contribution >= 0.6 is 0 Å². The van der Waals surface area contributed by atoms with E-state index in [0.717, 1.165) is 42.8 Å². The second kappa shape index (κ2) is 7.61. The van der Waals surface area contributed by atoms with E-state index in [1.165, 1.54) is 11.1 Å². The molecule has 4 nitrogen and oxygen atoms in total. The highest BCUT2D eigenvalue weighted by molar-refractivity contribution is 6.03. The van der Waals surface area contributed by atoms with Crippen molar-refractivity contribution in [1.82, 2.24) is 9.91 Å². The first-order chi connectivity index (χ1) is 13.1. The summed E-state index contributed by atoms with van der Waals surface area (Å²) in [5.74, 6) is -0.352. The zero-order valence-corrected chi connectivity index (χ0v) is 15.6. The molecule has 1 amide bonds. The third-order valence-electron chi connectivity index (χ3n) is 5.34. The smallest absolute Gasteiger partial charge is 0.257 e. The van der Waals surface area contributed by atoms with Gasteiger partial charge in [0.15, 0.2) is 0 Å². The van der Waals surface area contributed by atoms with Gasteiger partial charge in [-0.15, -0.1) is 0 Å². The van der Waals surface area contributed by atoms with Gasteiger partial charge in [0.2, 0.25) is 0 Å². The Balaban J connectivity index is 1.65. The number of likely N-dealkylation sites (tertiary alicyclic amines) is 1. The van der Waals surface area contributed by atoms with Crippen LogP contribution in [0.4, 0.5) is 4.39 Å². The van der Waals surface area contributed by atoms with E-state index in [4.69, 9.17) is 0 Å². The van der Waals surface area contributed by atoms with Crippen LogP contribution in [0.1, 0.15) is 42.0 Å². The maximum atomic E-state index is 14.5. The summed E-state index contributed by atoms with van der Waals surface area (Å²) in [6.07, 6.45) is 2.78. The number of hydrogen-bond donors (Lipinski definition) is 0. The van der Waals surface area contributed by atoms with E-state index >= 15 is 0 Å². The van der Waals surface area contributed by atoms with Gasteiger partial charge in [-0.2, -0.15) is 5.10 Å². The minimum Gasteiger partial charge on any atom is -0.294 e. The minimum absolute atomic E-state index is 0.0622. The Bertz CT molecular complexity index is 873. The predicted octanol–water partition coefficient (Wildman–Crippen LogP) is 3.91. The van der Waals surface area contributed by atoms with Gasteiger partial charge in [0, 0.05) is 12.0 Å². The normalized spacial score (nSPS) is 20.1. The van der Waals surface area contributed by atoms with Crippen LogP contribution in [0.15, 0.2) is 53.6 Å². The Morgan fingerprint density at radius 1 is 1.15 bits per heavy atom. The van der Waals surface area contributed by atoms with Crippen molar-refractivity contribution in [1.29, 1.82) is 0 Å². The van der Waals surface area contributed by atoms with E-state index in [2.05, 4.69) is 16.1 Å².